The number of nitrogens with one attached hydrogen (secondary N) is 2. The van der Waals surface area contributed by atoms with Crippen molar-refractivity contribution in [1.82, 2.24) is 20.7 Å². The number of halogens is 2. The smallest absolute Gasteiger partial charge is 0.234 e. The lowest BCUT2D eigenvalue weighted by Crippen LogP contribution is -2.52. The van der Waals surface area contributed by atoms with Gasteiger partial charge in [-0.25, -0.2) is 13.8 Å². The van der Waals surface area contributed by atoms with Crippen molar-refractivity contribution < 1.29 is 23.2 Å². The van der Waals surface area contributed by atoms with Crippen molar-refractivity contribution in [3.05, 3.63) is 0 Å². The highest BCUT2D eigenvalue weighted by molar-refractivity contribution is 5.83. The molecule has 9 heteroatoms. The average molecular weight is 677 g/mol. The Morgan fingerprint density at radius 3 is 2.04 bits per heavy atom. The van der Waals surface area contributed by atoms with E-state index in [2.05, 4.69) is 50.3 Å². The minimum Gasteiger partial charge on any atom is -0.353 e. The van der Waals surface area contributed by atoms with E-state index in [0.717, 1.165) is 32.1 Å². The summed E-state index contributed by atoms with van der Waals surface area (Å²) in [6, 6.07) is -0.321. The largest absolute Gasteiger partial charge is 0.353 e. The van der Waals surface area contributed by atoms with Crippen LogP contribution in [0.3, 0.4) is 0 Å². The van der Waals surface area contributed by atoms with Gasteiger partial charge in [0.2, 0.25) is 17.7 Å². The molecule has 3 fully saturated rings. The van der Waals surface area contributed by atoms with Crippen molar-refractivity contribution in [2.24, 2.45) is 35.5 Å². The van der Waals surface area contributed by atoms with Crippen molar-refractivity contribution in [3.63, 3.8) is 0 Å². The molecule has 7 unspecified atom stereocenters. The third-order valence-corrected chi connectivity index (χ3v) is 10.8. The summed E-state index contributed by atoms with van der Waals surface area (Å²) in [5, 5.41) is 5.31. The zero-order chi connectivity index (χ0) is 35.1. The number of carbonyl (C=O) groups excluding carboxylic acids is 3. The number of hydrazine groups is 1. The SMILES string of the molecule is CC#CC1CC(C(=O)NC(CC2CC(F)CC(F)C2)C(C)CN(CCC)NC(=O)CC2CCCCC2)CC(C(=O)N(CCC)CCC)C1. The van der Waals surface area contributed by atoms with Crippen LogP contribution in [-0.4, -0.2) is 72.2 Å². The lowest BCUT2D eigenvalue weighted by Gasteiger charge is -2.38. The topological polar surface area (TPSA) is 81.8 Å². The summed E-state index contributed by atoms with van der Waals surface area (Å²) in [4.78, 5) is 42.8. The fourth-order valence-corrected chi connectivity index (χ4v) is 8.58. The number of hydrogen-bond acceptors (Lipinski definition) is 4. The number of carbonyl (C=O) groups is 3. The fourth-order valence-electron chi connectivity index (χ4n) is 8.58. The summed E-state index contributed by atoms with van der Waals surface area (Å²) < 4.78 is 29.0. The molecule has 0 aromatic rings. The van der Waals surface area contributed by atoms with Crippen LogP contribution in [-0.2, 0) is 14.4 Å². The van der Waals surface area contributed by atoms with Crippen molar-refractivity contribution in [2.45, 2.75) is 156 Å². The van der Waals surface area contributed by atoms with E-state index < -0.39 is 12.3 Å². The first kappa shape index (κ1) is 40.2. The van der Waals surface area contributed by atoms with E-state index >= 15 is 0 Å². The van der Waals surface area contributed by atoms with Crippen LogP contribution < -0.4 is 10.7 Å². The molecule has 3 aliphatic rings. The molecule has 7 nitrogen and oxygen atoms in total. The van der Waals surface area contributed by atoms with Crippen LogP contribution in [0, 0.1) is 47.3 Å². The molecule has 0 heterocycles. The first-order valence-corrected chi connectivity index (χ1v) is 19.4. The highest BCUT2D eigenvalue weighted by atomic mass is 19.1. The minimum atomic E-state index is -1.17. The third-order valence-electron chi connectivity index (χ3n) is 10.8. The molecule has 0 aromatic heterocycles. The maximum atomic E-state index is 14.5. The molecule has 0 aromatic carbocycles. The van der Waals surface area contributed by atoms with Crippen LogP contribution in [0.2, 0.25) is 0 Å². The molecule has 48 heavy (non-hydrogen) atoms. The maximum Gasteiger partial charge on any atom is 0.234 e. The van der Waals surface area contributed by atoms with E-state index in [1.807, 2.05) is 9.91 Å². The first-order chi connectivity index (χ1) is 23.1. The summed E-state index contributed by atoms with van der Waals surface area (Å²) in [7, 11) is 0. The van der Waals surface area contributed by atoms with Crippen LogP contribution in [0.15, 0.2) is 0 Å². The van der Waals surface area contributed by atoms with Gasteiger partial charge in [-0.1, -0.05) is 47.0 Å². The second-order valence-corrected chi connectivity index (χ2v) is 15.3. The summed E-state index contributed by atoms with van der Waals surface area (Å²) in [5.74, 6) is 5.86. The molecule has 3 aliphatic carbocycles. The van der Waals surface area contributed by atoms with Gasteiger partial charge in [0.25, 0.3) is 0 Å². The molecule has 7 atom stereocenters. The zero-order valence-electron chi connectivity index (χ0n) is 30.7. The summed E-state index contributed by atoms with van der Waals surface area (Å²) >= 11 is 0. The number of rotatable bonds is 17. The molecule has 2 N–H and O–H groups in total. The van der Waals surface area contributed by atoms with E-state index in [1.165, 1.54) is 19.3 Å². The fraction of sp³-hybridized carbons (Fsp3) is 0.872. The van der Waals surface area contributed by atoms with Gasteiger partial charge in [-0.05, 0) is 95.3 Å². The van der Waals surface area contributed by atoms with Crippen LogP contribution >= 0.6 is 0 Å². The third kappa shape index (κ3) is 13.2. The van der Waals surface area contributed by atoms with Gasteiger partial charge < -0.3 is 10.2 Å². The van der Waals surface area contributed by atoms with Crippen LogP contribution in [0.1, 0.15) is 137 Å². The van der Waals surface area contributed by atoms with Crippen LogP contribution in [0.4, 0.5) is 8.78 Å². The van der Waals surface area contributed by atoms with E-state index in [9.17, 15) is 23.2 Å². The van der Waals surface area contributed by atoms with E-state index in [4.69, 9.17) is 0 Å². The van der Waals surface area contributed by atoms with Gasteiger partial charge in [0, 0.05) is 62.8 Å². The Bertz CT molecular complexity index is 1040. The van der Waals surface area contributed by atoms with Crippen LogP contribution in [0.5, 0.6) is 0 Å². The minimum absolute atomic E-state index is 0.0354. The second-order valence-electron chi connectivity index (χ2n) is 15.3. The van der Waals surface area contributed by atoms with Crippen molar-refractivity contribution in [2.75, 3.05) is 26.2 Å². The van der Waals surface area contributed by atoms with E-state index in [-0.39, 0.29) is 59.8 Å². The standard InChI is InChI=1S/C39H66F2N4O3/c1-6-13-30-19-32(25-33(20-30)39(48)44(16-7-2)17-8-3)38(47)42-36(23-31-21-34(40)26-35(41)22-31)28(5)27-45(18-9-4)43-37(46)24-29-14-11-10-12-15-29/h28-36H,7-12,14-27H2,1-5H3,(H,42,47)(H,43,46). The van der Waals surface area contributed by atoms with E-state index in [0.29, 0.717) is 77.0 Å². The molecule has 0 spiro atoms. The Hall–Kier alpha value is -2.21. The molecular formula is C39H66F2N4O3. The lowest BCUT2D eigenvalue weighted by molar-refractivity contribution is -0.139. The van der Waals surface area contributed by atoms with Gasteiger partial charge in [0.05, 0.1) is 0 Å². The Morgan fingerprint density at radius 1 is 0.812 bits per heavy atom. The monoisotopic (exact) mass is 677 g/mol. The predicted molar refractivity (Wildman–Crippen MR) is 189 cm³/mol. The Kier molecular flexibility index (Phi) is 17.7. The number of nitrogens with zero attached hydrogens (tertiary/aromatic N) is 2. The van der Waals surface area contributed by atoms with Gasteiger partial charge >= 0.3 is 0 Å². The predicted octanol–water partition coefficient (Wildman–Crippen LogP) is 7.39. The van der Waals surface area contributed by atoms with Gasteiger partial charge in [-0.3, -0.25) is 19.8 Å². The second kappa shape index (κ2) is 21.1. The molecule has 0 saturated heterocycles. The molecule has 274 valence electrons. The molecular weight excluding hydrogens is 610 g/mol. The molecule has 0 bridgehead atoms. The van der Waals surface area contributed by atoms with Gasteiger partial charge in [-0.15, -0.1) is 11.8 Å². The molecule has 0 aliphatic heterocycles. The molecule has 3 amide bonds. The quantitative estimate of drug-likeness (QED) is 0.124. The Labute approximate surface area is 290 Å². The van der Waals surface area contributed by atoms with Crippen molar-refractivity contribution in [3.8, 4) is 11.8 Å². The molecule has 3 rings (SSSR count). The summed E-state index contributed by atoms with van der Waals surface area (Å²) in [6.07, 6.45) is 9.43. The van der Waals surface area contributed by atoms with Gasteiger partial charge in [0.1, 0.15) is 12.3 Å². The molecule has 3 saturated carbocycles. The summed E-state index contributed by atoms with van der Waals surface area (Å²) in [6.45, 7) is 12.7. The lowest BCUT2D eigenvalue weighted by atomic mass is 9.74. The molecule has 0 radical (unpaired) electrons. The number of alkyl halides is 2. The number of amides is 3. The number of hydrogen-bond donors (Lipinski definition) is 2. The average Bonchev–Trinajstić information content (AvgIpc) is 3.04. The zero-order valence-corrected chi connectivity index (χ0v) is 30.7. The van der Waals surface area contributed by atoms with E-state index in [1.54, 1.807) is 6.92 Å². The highest BCUT2D eigenvalue weighted by Crippen LogP contribution is 2.36. The maximum absolute atomic E-state index is 14.5. The van der Waals surface area contributed by atoms with Gasteiger partial charge in [-0.2, -0.15) is 0 Å². The normalized spacial score (nSPS) is 27.8. The van der Waals surface area contributed by atoms with Crippen molar-refractivity contribution in [1.29, 1.82) is 0 Å². The summed E-state index contributed by atoms with van der Waals surface area (Å²) in [5.41, 5.74) is 3.16. The van der Waals surface area contributed by atoms with Crippen LogP contribution in [0.25, 0.3) is 0 Å². The first-order valence-electron chi connectivity index (χ1n) is 19.4. The Balaban J connectivity index is 1.76. The van der Waals surface area contributed by atoms with Gasteiger partial charge in [0.15, 0.2) is 0 Å². The van der Waals surface area contributed by atoms with Crippen molar-refractivity contribution >= 4 is 17.7 Å². The Morgan fingerprint density at radius 2 is 1.44 bits per heavy atom. The highest BCUT2D eigenvalue weighted by Gasteiger charge is 2.39.